The number of amides is 1. The van der Waals surface area contributed by atoms with Crippen LogP contribution in [0.2, 0.25) is 0 Å². The number of ether oxygens (including phenoxy) is 1. The van der Waals surface area contributed by atoms with Gasteiger partial charge in [-0.25, -0.2) is 4.39 Å². The summed E-state index contributed by atoms with van der Waals surface area (Å²) in [6.45, 7) is 1.13. The van der Waals surface area contributed by atoms with E-state index in [-0.39, 0.29) is 41.4 Å². The number of methoxy groups -OCH3 is 1. The Balaban J connectivity index is 1.24. The molecule has 2 aliphatic heterocycles. The topological polar surface area (TPSA) is 117 Å². The summed E-state index contributed by atoms with van der Waals surface area (Å²) in [5.41, 5.74) is 2.46. The van der Waals surface area contributed by atoms with E-state index in [1.807, 2.05) is 24.4 Å². The van der Waals surface area contributed by atoms with Gasteiger partial charge in [0.1, 0.15) is 11.3 Å². The Morgan fingerprint density at radius 2 is 1.79 bits per heavy atom. The first kappa shape index (κ1) is 25.3. The smallest absolute Gasteiger partial charge is 0.251 e. The molecule has 0 bridgehead atoms. The van der Waals surface area contributed by atoms with Gasteiger partial charge >= 0.3 is 0 Å². The van der Waals surface area contributed by atoms with E-state index >= 15 is 0 Å². The van der Waals surface area contributed by atoms with Crippen LogP contribution in [0.1, 0.15) is 48.6 Å². The average Bonchev–Trinajstić information content (AvgIpc) is 3.57. The van der Waals surface area contributed by atoms with E-state index < -0.39 is 22.9 Å². The minimum atomic E-state index is -0.957. The molecule has 0 saturated carbocycles. The first-order valence-electron chi connectivity index (χ1n) is 12.3. The number of ketones is 2. The molecule has 8 nitrogen and oxygen atoms in total. The fraction of sp³-hybridized carbons (Fsp3) is 0.241. The Labute approximate surface area is 218 Å². The molecule has 5 rings (SSSR count). The number of phenolic OH excluding ortho intramolecular Hbond substituents is 1. The zero-order chi connectivity index (χ0) is 26.8. The molecule has 3 N–H and O–H groups in total. The van der Waals surface area contributed by atoms with Crippen LogP contribution >= 0.6 is 0 Å². The van der Waals surface area contributed by atoms with E-state index in [9.17, 15) is 23.9 Å². The zero-order valence-electron chi connectivity index (χ0n) is 20.7. The molecule has 0 aromatic heterocycles. The van der Waals surface area contributed by atoms with Gasteiger partial charge in [-0.15, -0.1) is 0 Å². The molecule has 2 atom stereocenters. The first-order valence-corrected chi connectivity index (χ1v) is 12.3. The van der Waals surface area contributed by atoms with Crippen LogP contribution in [-0.4, -0.2) is 55.0 Å². The number of hydrogen-bond acceptors (Lipinski definition) is 7. The summed E-state index contributed by atoms with van der Waals surface area (Å²) in [6, 6.07) is 13.5. The Bertz CT molecular complexity index is 1450. The number of Topliss-reactive ketones (excluding diaryl/α,β-unsaturated/α-hetero) is 1. The molecule has 194 valence electrons. The van der Waals surface area contributed by atoms with Gasteiger partial charge in [0.15, 0.2) is 23.1 Å². The van der Waals surface area contributed by atoms with Crippen molar-refractivity contribution >= 4 is 29.4 Å². The van der Waals surface area contributed by atoms with Gasteiger partial charge in [0.2, 0.25) is 0 Å². The van der Waals surface area contributed by atoms with Crippen LogP contribution < -0.4 is 15.4 Å². The monoisotopic (exact) mass is 515 g/mol. The average molecular weight is 516 g/mol. The van der Waals surface area contributed by atoms with Gasteiger partial charge < -0.3 is 20.5 Å². The second-order valence-corrected chi connectivity index (χ2v) is 9.37. The third-order valence-corrected chi connectivity index (χ3v) is 6.99. The van der Waals surface area contributed by atoms with Crippen LogP contribution in [0.5, 0.6) is 11.5 Å². The molecule has 2 heterocycles. The van der Waals surface area contributed by atoms with Gasteiger partial charge in [0, 0.05) is 60.8 Å². The highest BCUT2D eigenvalue weighted by Crippen LogP contribution is 2.30. The summed E-state index contributed by atoms with van der Waals surface area (Å²) < 4.78 is 19.5. The standard InChI is InChI=1S/C29H26FN3O5/c1-38-25-9-8-23(34)26(27(25)30)28(36)17-3-5-18(6-4-17)29(37)33-22-15-31-14-20(22)13-24(35)19-7-2-16-10-11-32-21(16)12-19/h2-9,11-12,20,22,31,34H,10,13-15H2,1H3,(H,33,37)/t20-,22-/m1/s1. The number of nitrogens with zero attached hydrogens (tertiary/aromatic N) is 1. The molecule has 1 amide bonds. The fourth-order valence-electron chi connectivity index (χ4n) is 4.83. The van der Waals surface area contributed by atoms with E-state index in [0.29, 0.717) is 24.2 Å². The fourth-order valence-corrected chi connectivity index (χ4v) is 4.83. The maximum absolute atomic E-state index is 14.6. The summed E-state index contributed by atoms with van der Waals surface area (Å²) >= 11 is 0. The molecule has 3 aromatic carbocycles. The Morgan fingerprint density at radius 1 is 1.05 bits per heavy atom. The quantitative estimate of drug-likeness (QED) is 0.395. The number of carbonyl (C=O) groups excluding carboxylic acids is 3. The van der Waals surface area contributed by atoms with Gasteiger partial charge in [0.25, 0.3) is 5.91 Å². The van der Waals surface area contributed by atoms with Crippen molar-refractivity contribution in [2.24, 2.45) is 10.9 Å². The van der Waals surface area contributed by atoms with E-state index in [4.69, 9.17) is 4.74 Å². The number of phenols is 1. The summed E-state index contributed by atoms with van der Waals surface area (Å²) in [6.07, 6.45) is 2.89. The van der Waals surface area contributed by atoms with Crippen LogP contribution in [-0.2, 0) is 6.42 Å². The van der Waals surface area contributed by atoms with Crippen molar-refractivity contribution in [3.8, 4) is 11.5 Å². The van der Waals surface area contributed by atoms with Gasteiger partial charge in [-0.2, -0.15) is 0 Å². The second kappa shape index (κ2) is 10.5. The van der Waals surface area contributed by atoms with E-state index in [0.717, 1.165) is 17.7 Å². The van der Waals surface area contributed by atoms with E-state index in [1.54, 1.807) is 0 Å². The Kier molecular flexibility index (Phi) is 7.02. The summed E-state index contributed by atoms with van der Waals surface area (Å²) in [4.78, 5) is 43.0. The molecule has 1 saturated heterocycles. The predicted octanol–water partition coefficient (Wildman–Crippen LogP) is 3.62. The van der Waals surface area contributed by atoms with Crippen molar-refractivity contribution in [2.75, 3.05) is 20.2 Å². The number of nitrogens with one attached hydrogen (secondary N) is 2. The lowest BCUT2D eigenvalue weighted by Crippen LogP contribution is -2.41. The second-order valence-electron chi connectivity index (χ2n) is 9.37. The van der Waals surface area contributed by atoms with Gasteiger partial charge in [-0.3, -0.25) is 19.4 Å². The lowest BCUT2D eigenvalue weighted by molar-refractivity contribution is 0.0902. The first-order chi connectivity index (χ1) is 18.4. The predicted molar refractivity (Wildman–Crippen MR) is 139 cm³/mol. The van der Waals surface area contributed by atoms with Crippen LogP contribution in [0, 0.1) is 11.7 Å². The van der Waals surface area contributed by atoms with E-state index in [1.165, 1.54) is 43.5 Å². The van der Waals surface area contributed by atoms with Gasteiger partial charge in [0.05, 0.1) is 12.8 Å². The van der Waals surface area contributed by atoms with Crippen molar-refractivity contribution in [1.29, 1.82) is 0 Å². The van der Waals surface area contributed by atoms with Crippen LogP contribution in [0.3, 0.4) is 0 Å². The number of carbonyl (C=O) groups is 3. The number of halogens is 1. The molecule has 0 spiro atoms. The Hall–Kier alpha value is -4.37. The molecule has 0 aliphatic carbocycles. The molecule has 0 radical (unpaired) electrons. The van der Waals surface area contributed by atoms with Crippen LogP contribution in [0.4, 0.5) is 10.1 Å². The molecular formula is C29H26FN3O5. The summed E-state index contributed by atoms with van der Waals surface area (Å²) in [5, 5.41) is 16.2. The number of fused-ring (bicyclic) bond motifs is 1. The molecule has 38 heavy (non-hydrogen) atoms. The number of benzene rings is 3. The number of hydrogen-bond donors (Lipinski definition) is 3. The minimum Gasteiger partial charge on any atom is -0.507 e. The van der Waals surface area contributed by atoms with Crippen molar-refractivity contribution in [3.63, 3.8) is 0 Å². The largest absolute Gasteiger partial charge is 0.507 e. The third-order valence-electron chi connectivity index (χ3n) is 6.99. The van der Waals surface area contributed by atoms with Crippen molar-refractivity contribution in [3.05, 3.63) is 88.2 Å². The number of aliphatic imine (C=N–C) groups is 1. The molecule has 2 aliphatic rings. The van der Waals surface area contributed by atoms with Gasteiger partial charge in [-0.05, 0) is 35.9 Å². The third kappa shape index (κ3) is 4.92. The van der Waals surface area contributed by atoms with Crippen LogP contribution in [0.15, 0.2) is 59.6 Å². The normalized spacial score (nSPS) is 17.7. The molecular weight excluding hydrogens is 489 g/mol. The number of aromatic hydroxyl groups is 1. The SMILES string of the molecule is COc1ccc(O)c(C(=O)c2ccc(C(=O)N[C@@H]3CNC[C@H]3CC(=O)c3ccc4c(c3)N=CC4)cc2)c1F. The summed E-state index contributed by atoms with van der Waals surface area (Å²) in [5.74, 6) is -2.79. The maximum Gasteiger partial charge on any atom is 0.251 e. The maximum atomic E-state index is 14.6. The lowest BCUT2D eigenvalue weighted by atomic mass is 9.93. The Morgan fingerprint density at radius 3 is 2.55 bits per heavy atom. The molecule has 9 heteroatoms. The van der Waals surface area contributed by atoms with Crippen molar-refractivity contribution in [1.82, 2.24) is 10.6 Å². The summed E-state index contributed by atoms with van der Waals surface area (Å²) in [7, 11) is 1.26. The van der Waals surface area contributed by atoms with Crippen molar-refractivity contribution < 1.29 is 28.6 Å². The van der Waals surface area contributed by atoms with Crippen LogP contribution in [0.25, 0.3) is 0 Å². The highest BCUT2D eigenvalue weighted by molar-refractivity contribution is 6.11. The van der Waals surface area contributed by atoms with Gasteiger partial charge in [-0.1, -0.05) is 24.3 Å². The molecule has 0 unspecified atom stereocenters. The zero-order valence-corrected chi connectivity index (χ0v) is 20.7. The number of rotatable bonds is 8. The highest BCUT2D eigenvalue weighted by Gasteiger charge is 2.31. The van der Waals surface area contributed by atoms with E-state index in [2.05, 4.69) is 15.6 Å². The minimum absolute atomic E-state index is 0.00117. The lowest BCUT2D eigenvalue weighted by Gasteiger charge is -2.20. The van der Waals surface area contributed by atoms with Crippen molar-refractivity contribution in [2.45, 2.75) is 18.9 Å². The molecule has 1 fully saturated rings. The highest BCUT2D eigenvalue weighted by atomic mass is 19.1. The molecule has 3 aromatic rings.